The van der Waals surface area contributed by atoms with Crippen molar-refractivity contribution >= 4 is 17.7 Å². The first-order chi connectivity index (χ1) is 16.0. The second-order valence-corrected chi connectivity index (χ2v) is 10.7. The van der Waals surface area contributed by atoms with Crippen LogP contribution in [0.15, 0.2) is 24.3 Å². The SMILES string of the molecule is CC(=O)N1CC2(CCN(C3CC4CCC(C3)N4C(=O)O[C@@H]3CCOC3)CC2)c2ccccc21. The Kier molecular flexibility index (Phi) is 5.37. The molecule has 0 N–H and O–H groups in total. The molecule has 1 spiro atoms. The molecule has 5 aliphatic rings. The van der Waals surface area contributed by atoms with Crippen molar-refractivity contribution in [2.24, 2.45) is 0 Å². The van der Waals surface area contributed by atoms with Crippen molar-refractivity contribution in [3.63, 3.8) is 0 Å². The third-order valence-electron chi connectivity index (χ3n) is 8.95. The predicted molar refractivity (Wildman–Crippen MR) is 124 cm³/mol. The van der Waals surface area contributed by atoms with Crippen LogP contribution in [0.5, 0.6) is 0 Å². The Morgan fingerprint density at radius 1 is 1.03 bits per heavy atom. The van der Waals surface area contributed by atoms with E-state index in [2.05, 4.69) is 28.0 Å². The van der Waals surface area contributed by atoms with Gasteiger partial charge in [0.15, 0.2) is 0 Å². The molecule has 0 saturated carbocycles. The van der Waals surface area contributed by atoms with Crippen molar-refractivity contribution in [2.75, 3.05) is 37.7 Å². The van der Waals surface area contributed by atoms with Gasteiger partial charge in [0, 0.05) is 49.1 Å². The summed E-state index contributed by atoms with van der Waals surface area (Å²) < 4.78 is 11.1. The molecule has 0 aliphatic carbocycles. The summed E-state index contributed by atoms with van der Waals surface area (Å²) in [4.78, 5) is 31.9. The van der Waals surface area contributed by atoms with E-state index in [1.54, 1.807) is 6.92 Å². The Hall–Kier alpha value is -2.12. The maximum Gasteiger partial charge on any atom is 0.410 e. The molecule has 1 aromatic carbocycles. The van der Waals surface area contributed by atoms with Crippen LogP contribution in [0.25, 0.3) is 0 Å². The van der Waals surface area contributed by atoms with Gasteiger partial charge in [-0.3, -0.25) is 4.79 Å². The Labute approximate surface area is 196 Å². The molecule has 2 bridgehead atoms. The number of para-hydroxylation sites is 1. The minimum atomic E-state index is -0.124. The first-order valence-corrected chi connectivity index (χ1v) is 12.7. The number of carbonyl (C=O) groups is 2. The van der Waals surface area contributed by atoms with Crippen molar-refractivity contribution < 1.29 is 19.1 Å². The molecule has 178 valence electrons. The van der Waals surface area contributed by atoms with Gasteiger partial charge in [0.25, 0.3) is 0 Å². The van der Waals surface area contributed by atoms with Crippen LogP contribution in [0.1, 0.15) is 57.4 Å². The molecule has 5 heterocycles. The highest BCUT2D eigenvalue weighted by atomic mass is 16.6. The molecular weight excluding hydrogens is 418 g/mol. The Balaban J connectivity index is 1.10. The highest BCUT2D eigenvalue weighted by molar-refractivity contribution is 5.94. The molecule has 7 nitrogen and oxygen atoms in total. The number of ether oxygens (including phenoxy) is 2. The number of nitrogens with zero attached hydrogens (tertiary/aromatic N) is 3. The van der Waals surface area contributed by atoms with E-state index < -0.39 is 0 Å². The van der Waals surface area contributed by atoms with Crippen LogP contribution >= 0.6 is 0 Å². The lowest BCUT2D eigenvalue weighted by molar-refractivity contribution is -0.116. The summed E-state index contributed by atoms with van der Waals surface area (Å²) in [6.45, 7) is 5.85. The molecule has 2 amide bonds. The number of carbonyl (C=O) groups excluding carboxylic acids is 2. The van der Waals surface area contributed by atoms with Crippen LogP contribution in [0, 0.1) is 0 Å². The van der Waals surface area contributed by atoms with E-state index in [9.17, 15) is 9.59 Å². The molecule has 0 aromatic heterocycles. The Morgan fingerprint density at radius 2 is 1.76 bits per heavy atom. The summed E-state index contributed by atoms with van der Waals surface area (Å²) in [5.74, 6) is 0.141. The first kappa shape index (κ1) is 21.4. The van der Waals surface area contributed by atoms with Gasteiger partial charge in [-0.05, 0) is 63.2 Å². The van der Waals surface area contributed by atoms with Crippen molar-refractivity contribution in [1.82, 2.24) is 9.80 Å². The van der Waals surface area contributed by atoms with Gasteiger partial charge >= 0.3 is 6.09 Å². The van der Waals surface area contributed by atoms with Gasteiger partial charge in [-0.25, -0.2) is 4.79 Å². The number of hydrogen-bond donors (Lipinski definition) is 0. The van der Waals surface area contributed by atoms with Crippen LogP contribution in [-0.4, -0.2) is 78.9 Å². The standard InChI is InChI=1S/C26H35N3O4/c1-18(30)28-17-26(23-4-2-3-5-24(23)28)9-11-27(12-10-26)21-14-19-6-7-20(15-21)29(19)25(31)33-22-8-13-32-16-22/h2-5,19-22H,6-17H2,1H3/t19?,20?,21?,22-/m1/s1. The number of amides is 2. The lowest BCUT2D eigenvalue weighted by Crippen LogP contribution is -2.56. The number of benzene rings is 1. The second kappa shape index (κ2) is 8.27. The fourth-order valence-corrected chi connectivity index (χ4v) is 7.21. The highest BCUT2D eigenvalue weighted by Crippen LogP contribution is 2.48. The van der Waals surface area contributed by atoms with E-state index in [4.69, 9.17) is 9.47 Å². The smallest absolute Gasteiger partial charge is 0.410 e. The van der Waals surface area contributed by atoms with Crippen LogP contribution in [0.3, 0.4) is 0 Å². The normalized spacial score (nSPS) is 32.9. The molecule has 4 saturated heterocycles. The summed E-state index contributed by atoms with van der Waals surface area (Å²) in [7, 11) is 0. The summed E-state index contributed by atoms with van der Waals surface area (Å²) in [5, 5.41) is 0. The minimum absolute atomic E-state index is 0.0724. The maximum absolute atomic E-state index is 12.9. The van der Waals surface area contributed by atoms with E-state index >= 15 is 0 Å². The fourth-order valence-electron chi connectivity index (χ4n) is 7.21. The number of anilines is 1. The molecule has 1 aromatic rings. The molecule has 4 fully saturated rings. The Bertz CT molecular complexity index is 908. The topological polar surface area (TPSA) is 62.3 Å². The summed E-state index contributed by atoms with van der Waals surface area (Å²) in [5.41, 5.74) is 2.55. The highest BCUT2D eigenvalue weighted by Gasteiger charge is 2.49. The number of fused-ring (bicyclic) bond motifs is 4. The van der Waals surface area contributed by atoms with Gasteiger partial charge in [0.05, 0.1) is 13.2 Å². The molecular formula is C26H35N3O4. The molecule has 7 heteroatoms. The van der Waals surface area contributed by atoms with Crippen LogP contribution in [-0.2, 0) is 19.7 Å². The third kappa shape index (κ3) is 3.64. The van der Waals surface area contributed by atoms with E-state index in [-0.39, 0.29) is 23.5 Å². The number of hydrogen-bond acceptors (Lipinski definition) is 5. The average molecular weight is 454 g/mol. The molecule has 0 radical (unpaired) electrons. The van der Waals surface area contributed by atoms with Gasteiger partial charge in [-0.1, -0.05) is 18.2 Å². The zero-order valence-corrected chi connectivity index (χ0v) is 19.6. The quantitative estimate of drug-likeness (QED) is 0.688. The van der Waals surface area contributed by atoms with Crippen molar-refractivity contribution in [1.29, 1.82) is 0 Å². The third-order valence-corrected chi connectivity index (χ3v) is 8.95. The second-order valence-electron chi connectivity index (χ2n) is 10.7. The van der Waals surface area contributed by atoms with E-state index in [1.807, 2.05) is 11.0 Å². The van der Waals surface area contributed by atoms with Crippen LogP contribution in [0.2, 0.25) is 0 Å². The van der Waals surface area contributed by atoms with Gasteiger partial charge in [0.1, 0.15) is 6.10 Å². The van der Waals surface area contributed by atoms with Crippen molar-refractivity contribution in [3.05, 3.63) is 29.8 Å². The molecule has 6 rings (SSSR count). The van der Waals surface area contributed by atoms with Crippen LogP contribution < -0.4 is 4.90 Å². The van der Waals surface area contributed by atoms with Crippen LogP contribution in [0.4, 0.5) is 10.5 Å². The van der Waals surface area contributed by atoms with Gasteiger partial charge in [-0.2, -0.15) is 0 Å². The molecule has 2 unspecified atom stereocenters. The lowest BCUT2D eigenvalue weighted by atomic mass is 9.73. The largest absolute Gasteiger partial charge is 0.444 e. The molecule has 3 atom stereocenters. The average Bonchev–Trinajstić information content (AvgIpc) is 3.51. The van der Waals surface area contributed by atoms with Gasteiger partial charge in [-0.15, -0.1) is 0 Å². The number of rotatable bonds is 2. The lowest BCUT2D eigenvalue weighted by Gasteiger charge is -2.47. The number of likely N-dealkylation sites (tertiary alicyclic amines) is 1. The summed E-state index contributed by atoms with van der Waals surface area (Å²) >= 11 is 0. The monoisotopic (exact) mass is 453 g/mol. The zero-order valence-electron chi connectivity index (χ0n) is 19.6. The van der Waals surface area contributed by atoms with E-state index in [0.717, 1.165) is 70.3 Å². The zero-order chi connectivity index (χ0) is 22.6. The molecule has 33 heavy (non-hydrogen) atoms. The van der Waals surface area contributed by atoms with Crippen molar-refractivity contribution in [2.45, 2.75) is 81.5 Å². The van der Waals surface area contributed by atoms with E-state index in [0.29, 0.717) is 31.3 Å². The predicted octanol–water partition coefficient (Wildman–Crippen LogP) is 3.31. The molecule has 5 aliphatic heterocycles. The van der Waals surface area contributed by atoms with Crippen molar-refractivity contribution in [3.8, 4) is 0 Å². The van der Waals surface area contributed by atoms with Gasteiger partial charge in [0.2, 0.25) is 5.91 Å². The maximum atomic E-state index is 12.9. The fraction of sp³-hybridized carbons (Fsp3) is 0.692. The Morgan fingerprint density at radius 3 is 2.42 bits per heavy atom. The minimum Gasteiger partial charge on any atom is -0.444 e. The number of piperidine rings is 2. The summed E-state index contributed by atoms with van der Waals surface area (Å²) in [6.07, 6.45) is 7.09. The van der Waals surface area contributed by atoms with E-state index in [1.165, 1.54) is 5.56 Å². The first-order valence-electron chi connectivity index (χ1n) is 12.7. The summed E-state index contributed by atoms with van der Waals surface area (Å²) in [6, 6.07) is 9.63. The van der Waals surface area contributed by atoms with Gasteiger partial charge < -0.3 is 24.2 Å².